The molecule has 0 fully saturated rings. The van der Waals surface area contributed by atoms with E-state index in [2.05, 4.69) is 22.8 Å². The zero-order valence-electron chi connectivity index (χ0n) is 17.2. The summed E-state index contributed by atoms with van der Waals surface area (Å²) in [5.74, 6) is -0.468. The third-order valence-electron chi connectivity index (χ3n) is 5.32. The van der Waals surface area contributed by atoms with Crippen molar-refractivity contribution in [2.75, 3.05) is 11.9 Å². The van der Waals surface area contributed by atoms with Gasteiger partial charge in [0.05, 0.1) is 0 Å². The van der Waals surface area contributed by atoms with Crippen molar-refractivity contribution in [3.05, 3.63) is 76.2 Å². The molecular formula is C24H22N2O4S. The molecule has 31 heavy (non-hydrogen) atoms. The van der Waals surface area contributed by atoms with Gasteiger partial charge in [-0.2, -0.15) is 0 Å². The van der Waals surface area contributed by atoms with Gasteiger partial charge < -0.3 is 15.4 Å². The van der Waals surface area contributed by atoms with Crippen molar-refractivity contribution in [2.45, 2.75) is 25.8 Å². The number of carbonyl (C=O) groups is 3. The Bertz CT molecular complexity index is 1110. The average Bonchev–Trinajstić information content (AvgIpc) is 3.29. The summed E-state index contributed by atoms with van der Waals surface area (Å²) in [6.45, 7) is 3.59. The molecule has 3 aromatic rings. The first-order chi connectivity index (χ1) is 15.0. The quantitative estimate of drug-likeness (QED) is 0.549. The van der Waals surface area contributed by atoms with Crippen LogP contribution in [-0.2, 0) is 9.53 Å². The number of carbonyl (C=O) groups excluding carboxylic acids is 3. The molecule has 4 rings (SSSR count). The Morgan fingerprint density at radius 2 is 1.71 bits per heavy atom. The molecule has 158 valence electrons. The van der Waals surface area contributed by atoms with E-state index in [4.69, 9.17) is 4.74 Å². The lowest BCUT2D eigenvalue weighted by Gasteiger charge is -2.17. The maximum Gasteiger partial charge on any atom is 0.407 e. The van der Waals surface area contributed by atoms with Crippen LogP contribution in [0.5, 0.6) is 0 Å². The standard InChI is InChI=1S/C24H22N2O4S/c1-14-11-16(12-27)23(31-14)26-22(28)15(2)25-24(29)30-13-21-19-9-5-3-7-17(19)18-8-4-6-10-20(18)21/h3-12,15,21H,13H2,1-2H3,(H,25,29)(H,26,28)/t15-/m0/s1. The Kier molecular flexibility index (Phi) is 5.86. The Hall–Kier alpha value is -3.45. The van der Waals surface area contributed by atoms with E-state index in [9.17, 15) is 14.4 Å². The summed E-state index contributed by atoms with van der Waals surface area (Å²) in [5, 5.41) is 5.72. The Labute approximate surface area is 184 Å². The number of anilines is 1. The molecule has 1 heterocycles. The van der Waals surface area contributed by atoms with Crippen LogP contribution in [0.3, 0.4) is 0 Å². The molecule has 7 heteroatoms. The number of ether oxygens (including phenoxy) is 1. The minimum Gasteiger partial charge on any atom is -0.449 e. The number of benzene rings is 2. The summed E-state index contributed by atoms with van der Waals surface area (Å²) >= 11 is 1.31. The van der Waals surface area contributed by atoms with E-state index < -0.39 is 18.0 Å². The monoisotopic (exact) mass is 434 g/mol. The molecule has 0 saturated carbocycles. The fourth-order valence-electron chi connectivity index (χ4n) is 3.82. The number of aryl methyl sites for hydroxylation is 1. The molecule has 1 aromatic heterocycles. The van der Waals surface area contributed by atoms with Gasteiger partial charge in [0, 0.05) is 16.4 Å². The highest BCUT2D eigenvalue weighted by molar-refractivity contribution is 7.16. The van der Waals surface area contributed by atoms with Gasteiger partial charge in [0.25, 0.3) is 0 Å². The summed E-state index contributed by atoms with van der Waals surface area (Å²) in [7, 11) is 0. The van der Waals surface area contributed by atoms with Crippen LogP contribution in [0.2, 0.25) is 0 Å². The summed E-state index contributed by atoms with van der Waals surface area (Å²) in [6, 6.07) is 17.1. The molecule has 2 N–H and O–H groups in total. The van der Waals surface area contributed by atoms with E-state index in [1.54, 1.807) is 13.0 Å². The van der Waals surface area contributed by atoms with Crippen LogP contribution < -0.4 is 10.6 Å². The summed E-state index contributed by atoms with van der Waals surface area (Å²) < 4.78 is 5.48. The highest BCUT2D eigenvalue weighted by Gasteiger charge is 2.29. The van der Waals surface area contributed by atoms with Crippen molar-refractivity contribution in [3.8, 4) is 11.1 Å². The Morgan fingerprint density at radius 3 is 2.32 bits per heavy atom. The Balaban J connectivity index is 1.37. The molecule has 0 saturated heterocycles. The van der Waals surface area contributed by atoms with Gasteiger partial charge >= 0.3 is 6.09 Å². The number of hydrogen-bond donors (Lipinski definition) is 2. The lowest BCUT2D eigenvalue weighted by Crippen LogP contribution is -2.42. The van der Waals surface area contributed by atoms with Gasteiger partial charge in [0.2, 0.25) is 5.91 Å². The molecule has 0 unspecified atom stereocenters. The van der Waals surface area contributed by atoms with Crippen molar-refractivity contribution in [2.24, 2.45) is 0 Å². The fourth-order valence-corrected chi connectivity index (χ4v) is 4.71. The SMILES string of the molecule is Cc1cc(C=O)c(NC(=O)[C@H](C)NC(=O)OCC2c3ccccc3-c3ccccc32)s1. The predicted octanol–water partition coefficient (Wildman–Crippen LogP) is 4.73. The zero-order valence-corrected chi connectivity index (χ0v) is 18.0. The Morgan fingerprint density at radius 1 is 1.10 bits per heavy atom. The maximum atomic E-state index is 12.4. The highest BCUT2D eigenvalue weighted by atomic mass is 32.1. The van der Waals surface area contributed by atoms with Crippen molar-refractivity contribution < 1.29 is 19.1 Å². The van der Waals surface area contributed by atoms with Gasteiger partial charge in [-0.05, 0) is 42.2 Å². The largest absolute Gasteiger partial charge is 0.449 e. The number of hydrogen-bond acceptors (Lipinski definition) is 5. The molecule has 2 aromatic carbocycles. The van der Waals surface area contributed by atoms with Gasteiger partial charge in [-0.15, -0.1) is 11.3 Å². The van der Waals surface area contributed by atoms with Gasteiger partial charge in [-0.3, -0.25) is 9.59 Å². The molecular weight excluding hydrogens is 412 g/mol. The normalized spacial score (nSPS) is 13.1. The topological polar surface area (TPSA) is 84.5 Å². The molecule has 0 spiro atoms. The molecule has 0 aliphatic heterocycles. The third kappa shape index (κ3) is 4.22. The minimum absolute atomic E-state index is 0.0495. The molecule has 1 aliphatic carbocycles. The van der Waals surface area contributed by atoms with E-state index in [-0.39, 0.29) is 12.5 Å². The average molecular weight is 435 g/mol. The van der Waals surface area contributed by atoms with Crippen molar-refractivity contribution in [1.82, 2.24) is 5.32 Å². The lowest BCUT2D eigenvalue weighted by molar-refractivity contribution is -0.117. The number of amides is 2. The van der Waals surface area contributed by atoms with Crippen LogP contribution in [0.1, 0.15) is 39.2 Å². The molecule has 1 aliphatic rings. The number of aldehydes is 1. The van der Waals surface area contributed by atoms with Crippen LogP contribution >= 0.6 is 11.3 Å². The van der Waals surface area contributed by atoms with Crippen LogP contribution in [0.15, 0.2) is 54.6 Å². The lowest BCUT2D eigenvalue weighted by atomic mass is 9.98. The van der Waals surface area contributed by atoms with E-state index in [0.717, 1.165) is 27.1 Å². The van der Waals surface area contributed by atoms with E-state index >= 15 is 0 Å². The zero-order chi connectivity index (χ0) is 22.0. The fraction of sp³-hybridized carbons (Fsp3) is 0.208. The van der Waals surface area contributed by atoms with Crippen LogP contribution in [0.4, 0.5) is 9.80 Å². The molecule has 1 atom stereocenters. The number of thiophene rings is 1. The van der Waals surface area contributed by atoms with Crippen LogP contribution in [-0.4, -0.2) is 30.9 Å². The van der Waals surface area contributed by atoms with Gasteiger partial charge in [-0.25, -0.2) is 4.79 Å². The number of rotatable bonds is 6. The van der Waals surface area contributed by atoms with Crippen LogP contribution in [0.25, 0.3) is 11.1 Å². The van der Waals surface area contributed by atoms with Crippen molar-refractivity contribution in [1.29, 1.82) is 0 Å². The maximum absolute atomic E-state index is 12.4. The first-order valence-corrected chi connectivity index (χ1v) is 10.8. The molecule has 6 nitrogen and oxygen atoms in total. The molecule has 0 radical (unpaired) electrons. The second kappa shape index (κ2) is 8.73. The summed E-state index contributed by atoms with van der Waals surface area (Å²) in [6.07, 6.45) is 0.0328. The van der Waals surface area contributed by atoms with E-state index in [1.807, 2.05) is 43.3 Å². The second-order valence-corrected chi connectivity index (χ2v) is 8.70. The van der Waals surface area contributed by atoms with Crippen molar-refractivity contribution in [3.63, 3.8) is 0 Å². The number of alkyl carbamates (subject to hydrolysis) is 1. The van der Waals surface area contributed by atoms with E-state index in [1.165, 1.54) is 11.3 Å². The van der Waals surface area contributed by atoms with Crippen molar-refractivity contribution >= 4 is 34.6 Å². The third-order valence-corrected chi connectivity index (χ3v) is 6.30. The predicted molar refractivity (Wildman–Crippen MR) is 121 cm³/mol. The first kappa shape index (κ1) is 20.8. The van der Waals surface area contributed by atoms with Crippen LogP contribution in [0, 0.1) is 6.92 Å². The van der Waals surface area contributed by atoms with Gasteiger partial charge in [0.15, 0.2) is 6.29 Å². The van der Waals surface area contributed by atoms with Gasteiger partial charge in [-0.1, -0.05) is 48.5 Å². The van der Waals surface area contributed by atoms with E-state index in [0.29, 0.717) is 16.9 Å². The summed E-state index contributed by atoms with van der Waals surface area (Å²) in [5.41, 5.74) is 4.96. The number of fused-ring (bicyclic) bond motifs is 3. The minimum atomic E-state index is -0.822. The molecule has 0 bridgehead atoms. The number of nitrogens with one attached hydrogen (secondary N) is 2. The molecule has 2 amide bonds. The van der Waals surface area contributed by atoms with Gasteiger partial charge in [0.1, 0.15) is 17.6 Å². The smallest absolute Gasteiger partial charge is 0.407 e. The summed E-state index contributed by atoms with van der Waals surface area (Å²) in [4.78, 5) is 36.8. The highest BCUT2D eigenvalue weighted by Crippen LogP contribution is 2.44. The first-order valence-electron chi connectivity index (χ1n) is 9.96. The second-order valence-electron chi connectivity index (χ2n) is 7.44.